The van der Waals surface area contributed by atoms with Gasteiger partial charge in [0.05, 0.1) is 25.1 Å². The van der Waals surface area contributed by atoms with Crippen LogP contribution in [-0.2, 0) is 21.8 Å². The molecule has 2 bridgehead atoms. The number of fused-ring (bicyclic) bond motifs is 2. The fraction of sp³-hybridized carbons (Fsp3) is 0.667. The molecule has 0 saturated carbocycles. The van der Waals surface area contributed by atoms with E-state index in [1.54, 1.807) is 11.6 Å². The molecule has 2 saturated heterocycles. The minimum Gasteiger partial charge on any atom is -0.375 e. The molecule has 3 heterocycles. The number of ether oxygens (including phenoxy) is 1. The van der Waals surface area contributed by atoms with Gasteiger partial charge in [-0.25, -0.2) is 13.4 Å². The van der Waals surface area contributed by atoms with Crippen LogP contribution < -0.4 is 0 Å². The smallest absolute Gasteiger partial charge is 0.262 e. The van der Waals surface area contributed by atoms with Gasteiger partial charge in [-0.3, -0.25) is 0 Å². The number of imidazole rings is 1. The highest BCUT2D eigenvalue weighted by Gasteiger charge is 2.45. The number of aryl methyl sites for hydroxylation is 1. The first-order chi connectivity index (χ1) is 7.57. The van der Waals surface area contributed by atoms with E-state index in [1.807, 2.05) is 0 Å². The van der Waals surface area contributed by atoms with Gasteiger partial charge >= 0.3 is 0 Å². The highest BCUT2D eigenvalue weighted by atomic mass is 32.2. The maximum atomic E-state index is 12.2. The molecule has 16 heavy (non-hydrogen) atoms. The Kier molecular flexibility index (Phi) is 2.10. The van der Waals surface area contributed by atoms with Gasteiger partial charge in [0.15, 0.2) is 5.03 Å². The third-order valence-electron chi connectivity index (χ3n) is 3.10. The molecular weight excluding hydrogens is 230 g/mol. The first-order valence-electron chi connectivity index (χ1n) is 5.19. The topological polar surface area (TPSA) is 64.4 Å². The lowest BCUT2D eigenvalue weighted by atomic mass is 10.3. The summed E-state index contributed by atoms with van der Waals surface area (Å²) in [5, 5.41) is 0.127. The van der Waals surface area contributed by atoms with E-state index < -0.39 is 10.0 Å². The summed E-state index contributed by atoms with van der Waals surface area (Å²) in [6.45, 7) is 0.973. The molecule has 0 amide bonds. The summed E-state index contributed by atoms with van der Waals surface area (Å²) < 4.78 is 33.0. The molecular formula is C9H13N3O3S. The summed E-state index contributed by atoms with van der Waals surface area (Å²) in [4.78, 5) is 3.91. The van der Waals surface area contributed by atoms with E-state index in [2.05, 4.69) is 4.98 Å². The summed E-state index contributed by atoms with van der Waals surface area (Å²) in [7, 11) is -1.67. The minimum atomic E-state index is -3.43. The number of sulfonamides is 1. The quantitative estimate of drug-likeness (QED) is 0.708. The molecule has 1 aromatic heterocycles. The van der Waals surface area contributed by atoms with E-state index in [4.69, 9.17) is 4.74 Å². The maximum absolute atomic E-state index is 12.2. The zero-order chi connectivity index (χ0) is 11.3. The standard InChI is InChI=1S/C9H13N3O3S/c1-11-4-9(10-6-11)16(13,14)12-3-8-2-7(12)5-15-8/h4,6-8H,2-3,5H2,1H3/t7-,8+/m0/s1. The Bertz CT molecular complexity index is 510. The van der Waals surface area contributed by atoms with Gasteiger partial charge in [0.1, 0.15) is 0 Å². The monoisotopic (exact) mass is 243 g/mol. The predicted octanol–water partition coefficient (Wildman–Crippen LogP) is -0.418. The van der Waals surface area contributed by atoms with Crippen LogP contribution in [0.15, 0.2) is 17.6 Å². The molecule has 0 N–H and O–H groups in total. The molecule has 0 spiro atoms. The van der Waals surface area contributed by atoms with Crippen molar-refractivity contribution in [2.75, 3.05) is 13.2 Å². The highest BCUT2D eigenvalue weighted by Crippen LogP contribution is 2.32. The summed E-state index contributed by atoms with van der Waals surface area (Å²) >= 11 is 0. The van der Waals surface area contributed by atoms with E-state index in [1.165, 1.54) is 16.8 Å². The number of morpholine rings is 1. The lowest BCUT2D eigenvalue weighted by molar-refractivity contribution is 0.0608. The summed E-state index contributed by atoms with van der Waals surface area (Å²) in [6.07, 6.45) is 3.91. The molecule has 0 aliphatic carbocycles. The Balaban J connectivity index is 1.94. The van der Waals surface area contributed by atoms with Gasteiger partial charge in [-0.1, -0.05) is 0 Å². The van der Waals surface area contributed by atoms with Crippen LogP contribution in [0.25, 0.3) is 0 Å². The van der Waals surface area contributed by atoms with Crippen molar-refractivity contribution in [3.8, 4) is 0 Å². The summed E-state index contributed by atoms with van der Waals surface area (Å²) in [5.41, 5.74) is 0. The van der Waals surface area contributed by atoms with Gasteiger partial charge < -0.3 is 9.30 Å². The Morgan fingerprint density at radius 1 is 1.56 bits per heavy atom. The zero-order valence-corrected chi connectivity index (χ0v) is 9.72. The maximum Gasteiger partial charge on any atom is 0.262 e. The van der Waals surface area contributed by atoms with Gasteiger partial charge in [-0.15, -0.1) is 0 Å². The summed E-state index contributed by atoms with van der Waals surface area (Å²) in [6, 6.07) is -0.00277. The third-order valence-corrected chi connectivity index (χ3v) is 4.91. The van der Waals surface area contributed by atoms with Gasteiger partial charge in [-0.2, -0.15) is 4.31 Å². The van der Waals surface area contributed by atoms with Crippen molar-refractivity contribution in [1.82, 2.24) is 13.9 Å². The average molecular weight is 243 g/mol. The number of aromatic nitrogens is 2. The van der Waals surface area contributed by atoms with Gasteiger partial charge in [0.25, 0.3) is 10.0 Å². The van der Waals surface area contributed by atoms with Crippen molar-refractivity contribution in [3.63, 3.8) is 0 Å². The molecule has 0 radical (unpaired) electrons. The molecule has 0 unspecified atom stereocenters. The van der Waals surface area contributed by atoms with Gasteiger partial charge in [0.2, 0.25) is 0 Å². The van der Waals surface area contributed by atoms with Crippen LogP contribution in [0.4, 0.5) is 0 Å². The molecule has 6 nitrogen and oxygen atoms in total. The van der Waals surface area contributed by atoms with E-state index in [9.17, 15) is 8.42 Å². The van der Waals surface area contributed by atoms with Crippen LogP contribution in [0.2, 0.25) is 0 Å². The van der Waals surface area contributed by atoms with Crippen LogP contribution in [0.3, 0.4) is 0 Å². The fourth-order valence-corrected chi connectivity index (χ4v) is 3.92. The van der Waals surface area contributed by atoms with Crippen molar-refractivity contribution in [3.05, 3.63) is 12.5 Å². The van der Waals surface area contributed by atoms with Crippen LogP contribution >= 0.6 is 0 Å². The lowest BCUT2D eigenvalue weighted by Crippen LogP contribution is -2.41. The molecule has 3 rings (SSSR count). The van der Waals surface area contributed by atoms with Crippen LogP contribution in [-0.4, -0.2) is 47.6 Å². The van der Waals surface area contributed by atoms with Crippen molar-refractivity contribution in [2.45, 2.75) is 23.6 Å². The molecule has 7 heteroatoms. The Hall–Kier alpha value is -0.920. The van der Waals surface area contributed by atoms with Crippen molar-refractivity contribution in [2.24, 2.45) is 7.05 Å². The van der Waals surface area contributed by atoms with Crippen LogP contribution in [0, 0.1) is 0 Å². The minimum absolute atomic E-state index is 0.00277. The number of hydrogen-bond acceptors (Lipinski definition) is 4. The van der Waals surface area contributed by atoms with Gasteiger partial charge in [-0.05, 0) is 6.42 Å². The highest BCUT2D eigenvalue weighted by molar-refractivity contribution is 7.89. The molecule has 2 atom stereocenters. The first kappa shape index (κ1) is 10.2. The molecule has 2 fully saturated rings. The van der Waals surface area contributed by atoms with E-state index in [0.29, 0.717) is 13.2 Å². The van der Waals surface area contributed by atoms with E-state index in [0.717, 1.165) is 6.42 Å². The second-order valence-electron chi connectivity index (χ2n) is 4.30. The number of nitrogens with zero attached hydrogens (tertiary/aromatic N) is 3. The molecule has 2 aliphatic rings. The SMILES string of the molecule is Cn1cnc(S(=O)(=O)N2C[C@H]3C[C@H]2CO3)c1. The normalized spacial score (nSPS) is 30.1. The second kappa shape index (κ2) is 3.28. The largest absolute Gasteiger partial charge is 0.375 e. The predicted molar refractivity (Wildman–Crippen MR) is 55.2 cm³/mol. The van der Waals surface area contributed by atoms with Crippen molar-refractivity contribution < 1.29 is 13.2 Å². The Labute approximate surface area is 93.9 Å². The van der Waals surface area contributed by atoms with Gasteiger partial charge in [0, 0.05) is 19.8 Å². The van der Waals surface area contributed by atoms with Crippen molar-refractivity contribution in [1.29, 1.82) is 0 Å². The zero-order valence-electron chi connectivity index (χ0n) is 8.91. The Morgan fingerprint density at radius 3 is 2.88 bits per heavy atom. The van der Waals surface area contributed by atoms with E-state index >= 15 is 0 Å². The van der Waals surface area contributed by atoms with Crippen LogP contribution in [0.5, 0.6) is 0 Å². The fourth-order valence-electron chi connectivity index (χ4n) is 2.30. The molecule has 0 aromatic carbocycles. The third kappa shape index (κ3) is 1.39. The first-order valence-corrected chi connectivity index (χ1v) is 6.63. The second-order valence-corrected chi connectivity index (χ2v) is 6.13. The molecule has 1 aromatic rings. The molecule has 88 valence electrons. The van der Waals surface area contributed by atoms with Crippen molar-refractivity contribution >= 4 is 10.0 Å². The van der Waals surface area contributed by atoms with Crippen LogP contribution in [0.1, 0.15) is 6.42 Å². The average Bonchev–Trinajstić information content (AvgIpc) is 2.91. The molecule has 2 aliphatic heterocycles. The lowest BCUT2D eigenvalue weighted by Gasteiger charge is -2.24. The van der Waals surface area contributed by atoms with E-state index in [-0.39, 0.29) is 17.2 Å². The Morgan fingerprint density at radius 2 is 2.38 bits per heavy atom. The summed E-state index contributed by atoms with van der Waals surface area (Å²) in [5.74, 6) is 0. The number of rotatable bonds is 2. The number of hydrogen-bond donors (Lipinski definition) is 0.